The molecule has 0 spiro atoms. The number of pyridine rings is 1. The summed E-state index contributed by atoms with van der Waals surface area (Å²) in [7, 11) is -1.91. The lowest BCUT2D eigenvalue weighted by Crippen LogP contribution is -2.15. The lowest BCUT2D eigenvalue weighted by molar-refractivity contribution is 0.593. The van der Waals surface area contributed by atoms with Crippen LogP contribution in [0.15, 0.2) is 23.4 Å². The molecule has 3 N–H and O–H groups in total. The third kappa shape index (κ3) is 2.76. The molecule has 0 saturated carbocycles. The van der Waals surface area contributed by atoms with E-state index in [0.29, 0.717) is 6.54 Å². The van der Waals surface area contributed by atoms with Crippen LogP contribution in [-0.2, 0) is 16.6 Å². The number of aromatic nitrogens is 1. The van der Waals surface area contributed by atoms with E-state index in [1.807, 2.05) is 0 Å². The van der Waals surface area contributed by atoms with E-state index in [1.165, 1.54) is 12.3 Å². The third-order valence-electron chi connectivity index (χ3n) is 1.47. The van der Waals surface area contributed by atoms with E-state index < -0.39 is 10.0 Å². The summed E-state index contributed by atoms with van der Waals surface area (Å²) < 4.78 is 21.8. The van der Waals surface area contributed by atoms with E-state index in [9.17, 15) is 8.42 Å². The fraction of sp³-hybridized carbons (Fsp3) is 0.286. The van der Waals surface area contributed by atoms with Crippen LogP contribution in [0.5, 0.6) is 0 Å². The molecule has 0 aliphatic rings. The molecule has 1 rings (SSSR count). The van der Waals surface area contributed by atoms with Gasteiger partial charge in [-0.05, 0) is 24.7 Å². The van der Waals surface area contributed by atoms with Crippen LogP contribution in [0, 0.1) is 0 Å². The second kappa shape index (κ2) is 3.82. The summed E-state index contributed by atoms with van der Waals surface area (Å²) in [6, 6.07) is 3.18. The van der Waals surface area contributed by atoms with Gasteiger partial charge < -0.3 is 5.32 Å². The first-order valence-corrected chi connectivity index (χ1v) is 5.21. The number of hydrogen-bond acceptors (Lipinski definition) is 4. The predicted octanol–water partition coefficient (Wildman–Crippen LogP) is -0.552. The SMILES string of the molecule is CNCc1ccnc(S(N)(=O)=O)c1. The van der Waals surface area contributed by atoms with Gasteiger partial charge in [0.2, 0.25) is 0 Å². The van der Waals surface area contributed by atoms with Crippen LogP contribution < -0.4 is 10.5 Å². The van der Waals surface area contributed by atoms with Crippen molar-refractivity contribution < 1.29 is 8.42 Å². The van der Waals surface area contributed by atoms with Crippen molar-refractivity contribution in [1.82, 2.24) is 10.3 Å². The highest BCUT2D eigenvalue weighted by atomic mass is 32.2. The molecule has 5 nitrogen and oxygen atoms in total. The molecule has 1 aromatic heterocycles. The van der Waals surface area contributed by atoms with Gasteiger partial charge in [-0.3, -0.25) is 0 Å². The third-order valence-corrected chi connectivity index (χ3v) is 2.28. The molecule has 13 heavy (non-hydrogen) atoms. The van der Waals surface area contributed by atoms with E-state index in [2.05, 4.69) is 10.3 Å². The molecule has 1 heterocycles. The minimum atomic E-state index is -3.68. The summed E-state index contributed by atoms with van der Waals surface area (Å²) >= 11 is 0. The molecule has 1 aromatic rings. The number of primary sulfonamides is 1. The summed E-state index contributed by atoms with van der Waals surface area (Å²) in [4.78, 5) is 3.65. The highest BCUT2D eigenvalue weighted by Crippen LogP contribution is 2.05. The molecule has 0 aliphatic heterocycles. The maximum absolute atomic E-state index is 10.9. The fourth-order valence-corrected chi connectivity index (χ4v) is 1.44. The van der Waals surface area contributed by atoms with Gasteiger partial charge in [0.1, 0.15) is 0 Å². The van der Waals surface area contributed by atoms with Crippen molar-refractivity contribution in [1.29, 1.82) is 0 Å². The molecule has 0 fully saturated rings. The van der Waals surface area contributed by atoms with Crippen molar-refractivity contribution in [2.75, 3.05) is 7.05 Å². The predicted molar refractivity (Wildman–Crippen MR) is 48.4 cm³/mol. The lowest BCUT2D eigenvalue weighted by atomic mass is 10.3. The Morgan fingerprint density at radius 2 is 2.31 bits per heavy atom. The number of hydrogen-bond donors (Lipinski definition) is 2. The molecule has 0 aliphatic carbocycles. The van der Waals surface area contributed by atoms with Crippen LogP contribution in [-0.4, -0.2) is 20.4 Å². The largest absolute Gasteiger partial charge is 0.316 e. The molecule has 0 unspecified atom stereocenters. The van der Waals surface area contributed by atoms with Crippen molar-refractivity contribution in [3.63, 3.8) is 0 Å². The number of nitrogens with one attached hydrogen (secondary N) is 1. The van der Waals surface area contributed by atoms with E-state index in [1.54, 1.807) is 13.1 Å². The van der Waals surface area contributed by atoms with E-state index in [4.69, 9.17) is 5.14 Å². The summed E-state index contributed by atoms with van der Waals surface area (Å²) in [5.74, 6) is 0. The first-order valence-electron chi connectivity index (χ1n) is 3.66. The lowest BCUT2D eigenvalue weighted by Gasteiger charge is -2.01. The molecule has 0 aromatic carbocycles. The summed E-state index contributed by atoms with van der Waals surface area (Å²) in [5.41, 5.74) is 0.835. The molecular weight excluding hydrogens is 190 g/mol. The van der Waals surface area contributed by atoms with Gasteiger partial charge in [0.25, 0.3) is 10.0 Å². The summed E-state index contributed by atoms with van der Waals surface area (Å²) in [6.45, 7) is 0.588. The van der Waals surface area contributed by atoms with Crippen LogP contribution in [0.4, 0.5) is 0 Å². The van der Waals surface area contributed by atoms with Crippen molar-refractivity contribution >= 4 is 10.0 Å². The Balaban J connectivity index is 3.06. The Morgan fingerprint density at radius 1 is 1.62 bits per heavy atom. The van der Waals surface area contributed by atoms with Crippen molar-refractivity contribution in [3.05, 3.63) is 23.9 Å². The van der Waals surface area contributed by atoms with Gasteiger partial charge in [-0.15, -0.1) is 0 Å². The highest BCUT2D eigenvalue weighted by molar-refractivity contribution is 7.89. The average molecular weight is 201 g/mol. The zero-order valence-electron chi connectivity index (χ0n) is 7.19. The standard InChI is InChI=1S/C7H11N3O2S/c1-9-5-6-2-3-10-7(4-6)13(8,11)12/h2-4,9H,5H2,1H3,(H2,8,11,12). The van der Waals surface area contributed by atoms with Gasteiger partial charge in [-0.1, -0.05) is 0 Å². The summed E-state index contributed by atoms with van der Waals surface area (Å²) in [6.07, 6.45) is 1.42. The zero-order valence-corrected chi connectivity index (χ0v) is 8.00. The second-order valence-corrected chi connectivity index (χ2v) is 4.09. The van der Waals surface area contributed by atoms with Crippen LogP contribution in [0.25, 0.3) is 0 Å². The minimum Gasteiger partial charge on any atom is -0.316 e. The smallest absolute Gasteiger partial charge is 0.255 e. The number of rotatable bonds is 3. The van der Waals surface area contributed by atoms with Gasteiger partial charge in [-0.25, -0.2) is 18.5 Å². The quantitative estimate of drug-likeness (QED) is 0.687. The molecule has 0 radical (unpaired) electrons. The minimum absolute atomic E-state index is 0.0970. The number of nitrogens with zero attached hydrogens (tertiary/aromatic N) is 1. The molecular formula is C7H11N3O2S. The molecule has 72 valence electrons. The van der Waals surface area contributed by atoms with Crippen LogP contribution >= 0.6 is 0 Å². The van der Waals surface area contributed by atoms with Crippen LogP contribution in [0.1, 0.15) is 5.56 Å². The first-order chi connectivity index (χ1) is 6.04. The molecule has 0 bridgehead atoms. The Hall–Kier alpha value is -0.980. The van der Waals surface area contributed by atoms with E-state index in [-0.39, 0.29) is 5.03 Å². The highest BCUT2D eigenvalue weighted by Gasteiger charge is 2.08. The normalized spacial score (nSPS) is 11.5. The van der Waals surface area contributed by atoms with Gasteiger partial charge in [0, 0.05) is 12.7 Å². The van der Waals surface area contributed by atoms with Crippen LogP contribution in [0.3, 0.4) is 0 Å². The van der Waals surface area contributed by atoms with Gasteiger partial charge in [0.05, 0.1) is 0 Å². The molecule has 0 saturated heterocycles. The maximum Gasteiger partial charge on any atom is 0.255 e. The molecule has 0 atom stereocenters. The second-order valence-electron chi connectivity index (χ2n) is 2.58. The van der Waals surface area contributed by atoms with Crippen LogP contribution in [0.2, 0.25) is 0 Å². The number of sulfonamides is 1. The van der Waals surface area contributed by atoms with E-state index in [0.717, 1.165) is 5.56 Å². The van der Waals surface area contributed by atoms with Gasteiger partial charge >= 0.3 is 0 Å². The Kier molecular flexibility index (Phi) is 2.97. The van der Waals surface area contributed by atoms with Crippen molar-refractivity contribution in [3.8, 4) is 0 Å². The average Bonchev–Trinajstić information content (AvgIpc) is 2.04. The monoisotopic (exact) mass is 201 g/mol. The molecule has 6 heteroatoms. The fourth-order valence-electron chi connectivity index (χ4n) is 0.920. The Bertz CT molecular complexity index is 388. The maximum atomic E-state index is 10.9. The first kappa shape index (κ1) is 10.1. The van der Waals surface area contributed by atoms with Crippen molar-refractivity contribution in [2.24, 2.45) is 5.14 Å². The topological polar surface area (TPSA) is 85.1 Å². The Labute approximate surface area is 77.0 Å². The van der Waals surface area contributed by atoms with E-state index >= 15 is 0 Å². The van der Waals surface area contributed by atoms with Gasteiger partial charge in [0.15, 0.2) is 5.03 Å². The van der Waals surface area contributed by atoms with Gasteiger partial charge in [-0.2, -0.15) is 0 Å². The van der Waals surface area contributed by atoms with Crippen molar-refractivity contribution in [2.45, 2.75) is 11.6 Å². The number of nitrogens with two attached hydrogens (primary N) is 1. The Morgan fingerprint density at radius 3 is 2.85 bits per heavy atom. The molecule has 0 amide bonds. The summed E-state index contributed by atoms with van der Waals surface area (Å²) in [5, 5.41) is 7.71. The zero-order chi connectivity index (χ0) is 9.90.